The number of hydrogen-bond acceptors (Lipinski definition) is 3. The lowest BCUT2D eigenvalue weighted by Gasteiger charge is -2.16. The lowest BCUT2D eigenvalue weighted by Crippen LogP contribution is -2.08. The van der Waals surface area contributed by atoms with E-state index in [4.69, 9.17) is 5.73 Å². The first-order chi connectivity index (χ1) is 6.83. The summed E-state index contributed by atoms with van der Waals surface area (Å²) in [5, 5.41) is 0. The summed E-state index contributed by atoms with van der Waals surface area (Å²) in [6.07, 6.45) is 8.77. The van der Waals surface area contributed by atoms with Gasteiger partial charge in [0.2, 0.25) is 0 Å². The van der Waals surface area contributed by atoms with Crippen molar-refractivity contribution in [3.8, 4) is 0 Å². The number of hydrogen-bond donors (Lipinski definition) is 1. The average molecular weight is 187 g/mol. The number of aromatic nitrogens is 2. The maximum atomic E-state index is 5.66. The van der Waals surface area contributed by atoms with Crippen LogP contribution in [0.2, 0.25) is 0 Å². The predicted octanol–water partition coefficient (Wildman–Crippen LogP) is 1.74. The second-order valence-electron chi connectivity index (χ2n) is 4.25. The third-order valence-electron chi connectivity index (χ3n) is 3.37. The Bertz CT molecular complexity index is 386. The molecule has 2 N–H and O–H groups in total. The van der Waals surface area contributed by atoms with Crippen LogP contribution in [0.25, 0.3) is 0 Å². The quantitative estimate of drug-likeness (QED) is 0.681. The molecule has 3 rings (SSSR count). The molecule has 2 aliphatic rings. The standard InChI is InChI=1S/C11H13N3/c12-11-5-10(13-6-14-11)9-4-7-1-2-8(9)3-7/h1-2,5-9H,3-4H2,(H2,12,13,14)/t7-,8-,9-/m0/s1. The predicted molar refractivity (Wildman–Crippen MR) is 54.5 cm³/mol. The zero-order valence-electron chi connectivity index (χ0n) is 7.93. The Balaban J connectivity index is 1.93. The molecule has 3 atom stereocenters. The zero-order valence-corrected chi connectivity index (χ0v) is 7.93. The van der Waals surface area contributed by atoms with Crippen LogP contribution in [0, 0.1) is 11.8 Å². The van der Waals surface area contributed by atoms with Gasteiger partial charge in [-0.05, 0) is 24.7 Å². The molecule has 0 unspecified atom stereocenters. The number of nitrogens with two attached hydrogens (primary N) is 1. The van der Waals surface area contributed by atoms with E-state index < -0.39 is 0 Å². The Morgan fingerprint density at radius 2 is 2.14 bits per heavy atom. The van der Waals surface area contributed by atoms with Gasteiger partial charge in [-0.25, -0.2) is 9.97 Å². The van der Waals surface area contributed by atoms with Crippen LogP contribution in [0.4, 0.5) is 5.82 Å². The number of allylic oxidation sites excluding steroid dienone is 2. The van der Waals surface area contributed by atoms with E-state index >= 15 is 0 Å². The summed E-state index contributed by atoms with van der Waals surface area (Å²) in [6, 6.07) is 1.92. The summed E-state index contributed by atoms with van der Waals surface area (Å²) >= 11 is 0. The first-order valence-corrected chi connectivity index (χ1v) is 5.08. The third-order valence-corrected chi connectivity index (χ3v) is 3.37. The van der Waals surface area contributed by atoms with Crippen molar-refractivity contribution in [2.75, 3.05) is 5.73 Å². The molecule has 14 heavy (non-hydrogen) atoms. The highest BCUT2D eigenvalue weighted by Crippen LogP contribution is 2.48. The van der Waals surface area contributed by atoms with E-state index in [2.05, 4.69) is 22.1 Å². The van der Waals surface area contributed by atoms with Crippen LogP contribution >= 0.6 is 0 Å². The van der Waals surface area contributed by atoms with Gasteiger partial charge in [0.15, 0.2) is 0 Å². The monoisotopic (exact) mass is 187 g/mol. The van der Waals surface area contributed by atoms with Gasteiger partial charge in [0.1, 0.15) is 12.1 Å². The minimum Gasteiger partial charge on any atom is -0.384 e. The molecule has 0 aliphatic heterocycles. The maximum absolute atomic E-state index is 5.66. The van der Waals surface area contributed by atoms with Crippen molar-refractivity contribution in [2.24, 2.45) is 11.8 Å². The molecule has 1 heterocycles. The van der Waals surface area contributed by atoms with Crippen LogP contribution in [0.3, 0.4) is 0 Å². The Morgan fingerprint density at radius 3 is 2.79 bits per heavy atom. The second-order valence-corrected chi connectivity index (χ2v) is 4.25. The first-order valence-electron chi connectivity index (χ1n) is 5.08. The fourth-order valence-corrected chi connectivity index (χ4v) is 2.71. The first kappa shape index (κ1) is 7.97. The normalized spacial score (nSPS) is 33.9. The fraction of sp³-hybridized carbons (Fsp3) is 0.455. The van der Waals surface area contributed by atoms with Crippen molar-refractivity contribution in [3.05, 3.63) is 30.2 Å². The minimum atomic E-state index is 0.579. The van der Waals surface area contributed by atoms with E-state index in [0.29, 0.717) is 17.7 Å². The van der Waals surface area contributed by atoms with Gasteiger partial charge in [-0.1, -0.05) is 12.2 Å². The topological polar surface area (TPSA) is 51.8 Å². The van der Waals surface area contributed by atoms with E-state index in [1.54, 1.807) is 6.33 Å². The average Bonchev–Trinajstić information content (AvgIpc) is 2.78. The van der Waals surface area contributed by atoms with Crippen LogP contribution in [0.15, 0.2) is 24.5 Å². The molecule has 0 spiro atoms. The summed E-state index contributed by atoms with van der Waals surface area (Å²) in [6.45, 7) is 0. The number of fused-ring (bicyclic) bond motifs is 2. The molecule has 2 aliphatic carbocycles. The van der Waals surface area contributed by atoms with Crippen molar-refractivity contribution < 1.29 is 0 Å². The zero-order chi connectivity index (χ0) is 9.54. The summed E-state index contributed by atoms with van der Waals surface area (Å²) in [5.74, 6) is 2.63. The van der Waals surface area contributed by atoms with Crippen LogP contribution < -0.4 is 5.73 Å². The number of nitrogens with zero attached hydrogens (tertiary/aromatic N) is 2. The number of nitrogen functional groups attached to an aromatic ring is 1. The number of anilines is 1. The molecule has 72 valence electrons. The molecule has 0 amide bonds. The molecular formula is C11H13N3. The van der Waals surface area contributed by atoms with Crippen molar-refractivity contribution in [1.29, 1.82) is 0 Å². The molecule has 1 saturated carbocycles. The molecule has 0 aromatic carbocycles. The van der Waals surface area contributed by atoms with E-state index in [1.165, 1.54) is 12.8 Å². The molecule has 1 aromatic heterocycles. The van der Waals surface area contributed by atoms with Gasteiger partial charge in [-0.15, -0.1) is 0 Å². The molecule has 3 heteroatoms. The molecule has 1 fully saturated rings. The van der Waals surface area contributed by atoms with E-state index in [9.17, 15) is 0 Å². The Kier molecular flexibility index (Phi) is 1.60. The van der Waals surface area contributed by atoms with Gasteiger partial charge in [-0.2, -0.15) is 0 Å². The van der Waals surface area contributed by atoms with Crippen molar-refractivity contribution >= 4 is 5.82 Å². The van der Waals surface area contributed by atoms with Crippen LogP contribution in [0.1, 0.15) is 24.5 Å². The maximum Gasteiger partial charge on any atom is 0.127 e. The molecule has 0 radical (unpaired) electrons. The highest BCUT2D eigenvalue weighted by molar-refractivity contribution is 5.32. The Morgan fingerprint density at radius 1 is 1.21 bits per heavy atom. The molecule has 1 aromatic rings. The van der Waals surface area contributed by atoms with E-state index in [1.807, 2.05) is 6.07 Å². The van der Waals surface area contributed by atoms with Gasteiger partial charge < -0.3 is 5.73 Å². The minimum absolute atomic E-state index is 0.579. The summed E-state index contributed by atoms with van der Waals surface area (Å²) in [5.41, 5.74) is 6.77. The fourth-order valence-electron chi connectivity index (χ4n) is 2.71. The molecule has 3 nitrogen and oxygen atoms in total. The van der Waals surface area contributed by atoms with Crippen LogP contribution in [-0.2, 0) is 0 Å². The molecule has 0 saturated heterocycles. The van der Waals surface area contributed by atoms with Gasteiger partial charge in [-0.3, -0.25) is 0 Å². The van der Waals surface area contributed by atoms with Crippen molar-refractivity contribution in [2.45, 2.75) is 18.8 Å². The van der Waals surface area contributed by atoms with Gasteiger partial charge in [0.05, 0.1) is 0 Å². The number of rotatable bonds is 1. The van der Waals surface area contributed by atoms with Gasteiger partial charge in [0.25, 0.3) is 0 Å². The largest absolute Gasteiger partial charge is 0.384 e. The van der Waals surface area contributed by atoms with E-state index in [0.717, 1.165) is 11.6 Å². The Labute approximate surface area is 83.1 Å². The highest BCUT2D eigenvalue weighted by atomic mass is 14.9. The summed E-state index contributed by atoms with van der Waals surface area (Å²) in [7, 11) is 0. The lowest BCUT2D eigenvalue weighted by molar-refractivity contribution is 0.569. The van der Waals surface area contributed by atoms with Crippen molar-refractivity contribution in [3.63, 3.8) is 0 Å². The van der Waals surface area contributed by atoms with E-state index in [-0.39, 0.29) is 0 Å². The third kappa shape index (κ3) is 1.12. The highest BCUT2D eigenvalue weighted by Gasteiger charge is 2.37. The van der Waals surface area contributed by atoms with Crippen LogP contribution in [-0.4, -0.2) is 9.97 Å². The lowest BCUT2D eigenvalue weighted by atomic mass is 9.90. The Hall–Kier alpha value is -1.38. The molecular weight excluding hydrogens is 174 g/mol. The SMILES string of the molecule is Nc1cc([C@H]2C[C@H]3C=C[C@H]2C3)ncn1. The second kappa shape index (κ2) is 2.80. The van der Waals surface area contributed by atoms with Gasteiger partial charge >= 0.3 is 0 Å². The van der Waals surface area contributed by atoms with Gasteiger partial charge in [0, 0.05) is 17.7 Å². The summed E-state index contributed by atoms with van der Waals surface area (Å²) in [4.78, 5) is 8.24. The summed E-state index contributed by atoms with van der Waals surface area (Å²) < 4.78 is 0. The molecule has 2 bridgehead atoms. The van der Waals surface area contributed by atoms with Crippen molar-refractivity contribution in [1.82, 2.24) is 9.97 Å². The smallest absolute Gasteiger partial charge is 0.127 e. The van der Waals surface area contributed by atoms with Crippen LogP contribution in [0.5, 0.6) is 0 Å².